The molecule has 4 unspecified atom stereocenters. The van der Waals surface area contributed by atoms with Crippen LogP contribution >= 0.6 is 0 Å². The van der Waals surface area contributed by atoms with E-state index in [0.717, 1.165) is 51.4 Å². The Balaban J connectivity index is 1.90. The van der Waals surface area contributed by atoms with E-state index in [9.17, 15) is 45.6 Å². The predicted molar refractivity (Wildman–Crippen MR) is 203 cm³/mol. The summed E-state index contributed by atoms with van der Waals surface area (Å²) in [4.78, 5) is 13.0. The second kappa shape index (κ2) is 29.2. The molecule has 0 radical (unpaired) electrons. The Morgan fingerprint density at radius 1 is 0.593 bits per heavy atom. The average Bonchev–Trinajstić information content (AvgIpc) is 3.17. The van der Waals surface area contributed by atoms with Crippen LogP contribution in [0.15, 0.2) is 0 Å². The molecule has 14 heteroatoms. The Morgan fingerprint density at radius 3 is 1.57 bits per heavy atom. The van der Waals surface area contributed by atoms with Crippen LogP contribution < -0.4 is 5.32 Å². The van der Waals surface area contributed by atoms with Gasteiger partial charge in [-0.05, 0) is 12.8 Å². The normalized spacial score (nSPS) is 30.0. The van der Waals surface area contributed by atoms with E-state index in [1.807, 2.05) is 0 Å². The van der Waals surface area contributed by atoms with Gasteiger partial charge in [-0.2, -0.15) is 0 Å². The molecule has 2 aliphatic rings. The van der Waals surface area contributed by atoms with Crippen LogP contribution in [0, 0.1) is 0 Å². The molecule has 2 rings (SSSR count). The van der Waals surface area contributed by atoms with Gasteiger partial charge in [-0.1, -0.05) is 136 Å². The van der Waals surface area contributed by atoms with Gasteiger partial charge in [-0.25, -0.2) is 0 Å². The molecule has 1 amide bonds. The lowest BCUT2D eigenvalue weighted by Crippen LogP contribution is -2.65. The maximum atomic E-state index is 13.0. The smallest absolute Gasteiger partial charge is 0.220 e. The van der Waals surface area contributed by atoms with Gasteiger partial charge in [0, 0.05) is 6.42 Å². The van der Waals surface area contributed by atoms with Crippen molar-refractivity contribution in [1.82, 2.24) is 5.32 Å². The lowest BCUT2D eigenvalue weighted by molar-refractivity contribution is -0.359. The number of nitrogens with one attached hydrogen (secondary N) is 1. The first-order valence-corrected chi connectivity index (χ1v) is 21.3. The quantitative estimate of drug-likeness (QED) is 0.0462. The maximum absolute atomic E-state index is 13.0. The van der Waals surface area contributed by atoms with Crippen LogP contribution in [0.5, 0.6) is 0 Å². The van der Waals surface area contributed by atoms with Crippen molar-refractivity contribution in [2.75, 3.05) is 19.8 Å². The average molecular weight is 780 g/mol. The third kappa shape index (κ3) is 18.1. The Morgan fingerprint density at radius 2 is 1.06 bits per heavy atom. The summed E-state index contributed by atoms with van der Waals surface area (Å²) in [6.45, 7) is 2.77. The molecule has 12 atom stereocenters. The molecule has 9 N–H and O–H groups in total. The Hall–Kier alpha value is -1.01. The molecule has 0 aromatic heterocycles. The molecule has 0 bridgehead atoms. The molecule has 14 nitrogen and oxygen atoms in total. The summed E-state index contributed by atoms with van der Waals surface area (Å²) in [5, 5.41) is 86.2. The first kappa shape index (κ1) is 49.1. The molecule has 0 saturated carbocycles. The predicted octanol–water partition coefficient (Wildman–Crippen LogP) is 3.09. The Bertz CT molecular complexity index is 930. The van der Waals surface area contributed by atoms with Crippen molar-refractivity contribution >= 4 is 5.91 Å². The van der Waals surface area contributed by atoms with Crippen molar-refractivity contribution in [1.29, 1.82) is 0 Å². The first-order valence-electron chi connectivity index (χ1n) is 21.3. The molecule has 2 fully saturated rings. The highest BCUT2D eigenvalue weighted by molar-refractivity contribution is 5.76. The van der Waals surface area contributed by atoms with Crippen molar-refractivity contribution in [3.05, 3.63) is 0 Å². The zero-order valence-electron chi connectivity index (χ0n) is 33.2. The van der Waals surface area contributed by atoms with Crippen LogP contribution in [-0.4, -0.2) is 140 Å². The molecule has 320 valence electrons. The molecular formula is C40H77NO13. The van der Waals surface area contributed by atoms with Crippen LogP contribution in [-0.2, 0) is 23.7 Å². The number of carbonyl (C=O) groups excluding carboxylic acids is 1. The lowest BCUT2D eigenvalue weighted by Gasteiger charge is -2.46. The molecule has 0 aromatic rings. The minimum atomic E-state index is -1.78. The van der Waals surface area contributed by atoms with Gasteiger partial charge in [0.2, 0.25) is 5.91 Å². The number of ether oxygens (including phenoxy) is 4. The minimum Gasteiger partial charge on any atom is -0.394 e. The van der Waals surface area contributed by atoms with E-state index < -0.39 is 86.8 Å². The topological polar surface area (TPSA) is 228 Å². The summed E-state index contributed by atoms with van der Waals surface area (Å²) in [6.07, 6.45) is 7.15. The summed E-state index contributed by atoms with van der Waals surface area (Å²) < 4.78 is 22.6. The maximum Gasteiger partial charge on any atom is 0.220 e. The number of rotatable bonds is 31. The number of unbranched alkanes of at least 4 members (excludes halogenated alkanes) is 18. The number of hydrogen-bond acceptors (Lipinski definition) is 13. The summed E-state index contributed by atoms with van der Waals surface area (Å²) in [7, 11) is 0. The third-order valence-corrected chi connectivity index (χ3v) is 10.8. The highest BCUT2D eigenvalue weighted by Crippen LogP contribution is 2.30. The van der Waals surface area contributed by atoms with Gasteiger partial charge in [0.15, 0.2) is 12.6 Å². The number of amides is 1. The van der Waals surface area contributed by atoms with E-state index >= 15 is 0 Å². The molecule has 2 heterocycles. The molecule has 2 saturated heterocycles. The van der Waals surface area contributed by atoms with Crippen LogP contribution in [0.2, 0.25) is 0 Å². The Kier molecular flexibility index (Phi) is 26.6. The molecule has 0 aromatic carbocycles. The number of carbonyl (C=O) groups is 1. The van der Waals surface area contributed by atoms with Crippen molar-refractivity contribution in [3.8, 4) is 0 Å². The largest absolute Gasteiger partial charge is 0.394 e. The van der Waals surface area contributed by atoms with Crippen molar-refractivity contribution in [2.45, 2.75) is 229 Å². The van der Waals surface area contributed by atoms with Crippen molar-refractivity contribution in [2.24, 2.45) is 0 Å². The summed E-state index contributed by atoms with van der Waals surface area (Å²) >= 11 is 0. The van der Waals surface area contributed by atoms with Crippen LogP contribution in [0.4, 0.5) is 0 Å². The second-order valence-corrected chi connectivity index (χ2v) is 15.5. The minimum absolute atomic E-state index is 0.215. The van der Waals surface area contributed by atoms with Crippen LogP contribution in [0.3, 0.4) is 0 Å². The van der Waals surface area contributed by atoms with Gasteiger partial charge in [0.05, 0.1) is 32.0 Å². The van der Waals surface area contributed by atoms with E-state index in [4.69, 9.17) is 18.9 Å². The molecule has 0 aliphatic carbocycles. The number of aliphatic hydroxyl groups excluding tert-OH is 8. The van der Waals surface area contributed by atoms with Gasteiger partial charge < -0.3 is 65.1 Å². The fraction of sp³-hybridized carbons (Fsp3) is 0.975. The van der Waals surface area contributed by atoms with E-state index in [0.29, 0.717) is 12.8 Å². The molecular weight excluding hydrogens is 702 g/mol. The van der Waals surface area contributed by atoms with E-state index in [1.165, 1.54) is 77.0 Å². The van der Waals surface area contributed by atoms with Crippen LogP contribution in [0.1, 0.15) is 155 Å². The standard InChI is InChI=1S/C40H77NO13/c1-3-5-7-9-11-12-13-14-15-16-18-19-21-23-29(44)28(41-32(45)24-22-20-17-10-8-6-4-2)27-51-39-37(50)35(48)38(31(26-43)53-39)54-40-36(49)34(47)33(46)30(25-42)52-40/h28-31,33-40,42-44,46-50H,3-27H2,1-2H3,(H,41,45)/t28-,29+,30+,31+,33-,34?,35?,36?,37?,38+,39+,40-/m0/s1. The molecule has 54 heavy (non-hydrogen) atoms. The van der Waals surface area contributed by atoms with E-state index in [2.05, 4.69) is 19.2 Å². The fourth-order valence-corrected chi connectivity index (χ4v) is 7.23. The van der Waals surface area contributed by atoms with Gasteiger partial charge in [-0.15, -0.1) is 0 Å². The second-order valence-electron chi connectivity index (χ2n) is 15.5. The molecule has 0 spiro atoms. The van der Waals surface area contributed by atoms with Gasteiger partial charge in [0.1, 0.15) is 48.8 Å². The van der Waals surface area contributed by atoms with Crippen molar-refractivity contribution < 1.29 is 64.6 Å². The van der Waals surface area contributed by atoms with Crippen LogP contribution in [0.25, 0.3) is 0 Å². The zero-order chi connectivity index (χ0) is 39.7. The summed E-state index contributed by atoms with van der Waals surface area (Å²) in [5.74, 6) is -0.215. The van der Waals surface area contributed by atoms with E-state index in [-0.39, 0.29) is 12.5 Å². The SMILES string of the molecule is CCCCCCCCCCCCCCC[C@@H](O)[C@H](CO[C@@H]1O[C@H](CO)[C@@H](O[C@@H]2O[C@H](CO)[C@H](O)C(O)C2O)C(O)C1O)NC(=O)CCCCCCCCC. The van der Waals surface area contributed by atoms with Gasteiger partial charge >= 0.3 is 0 Å². The lowest BCUT2D eigenvalue weighted by atomic mass is 9.97. The zero-order valence-corrected chi connectivity index (χ0v) is 33.2. The third-order valence-electron chi connectivity index (χ3n) is 10.8. The van der Waals surface area contributed by atoms with Gasteiger partial charge in [-0.3, -0.25) is 4.79 Å². The highest BCUT2D eigenvalue weighted by Gasteiger charge is 2.50. The fourth-order valence-electron chi connectivity index (χ4n) is 7.23. The van der Waals surface area contributed by atoms with Crippen molar-refractivity contribution in [3.63, 3.8) is 0 Å². The van der Waals surface area contributed by atoms with Gasteiger partial charge in [0.25, 0.3) is 0 Å². The number of hydrogen-bond donors (Lipinski definition) is 9. The summed E-state index contributed by atoms with van der Waals surface area (Å²) in [6, 6.07) is -0.817. The first-order chi connectivity index (χ1) is 26.1. The van der Waals surface area contributed by atoms with E-state index in [1.54, 1.807) is 0 Å². The number of aliphatic hydroxyl groups is 8. The monoisotopic (exact) mass is 780 g/mol. The summed E-state index contributed by atoms with van der Waals surface area (Å²) in [5.41, 5.74) is 0. The molecule has 2 aliphatic heterocycles. The highest BCUT2D eigenvalue weighted by atomic mass is 16.7. The Labute approximate surface area is 323 Å².